The standard InChI is InChI=1S/C19H22N4OS2/c1-4-25-18-22-15-13-11-24-19(2,3)9-14(13)26-16(15)17(23-18)21-10-12-5-7-20-8-6-12/h5-8H,4,9-11H2,1-3H3,(H,21,22,23). The zero-order chi connectivity index (χ0) is 18.1. The highest BCUT2D eigenvalue weighted by molar-refractivity contribution is 7.99. The quantitative estimate of drug-likeness (QED) is 0.508. The van der Waals surface area contributed by atoms with Crippen LogP contribution < -0.4 is 5.32 Å². The predicted molar refractivity (Wildman–Crippen MR) is 108 cm³/mol. The summed E-state index contributed by atoms with van der Waals surface area (Å²) >= 11 is 3.47. The van der Waals surface area contributed by atoms with Crippen LogP contribution in [0.1, 0.15) is 36.8 Å². The monoisotopic (exact) mass is 386 g/mol. The van der Waals surface area contributed by atoms with Gasteiger partial charge in [-0.1, -0.05) is 18.7 Å². The number of pyridine rings is 1. The van der Waals surface area contributed by atoms with Crippen molar-refractivity contribution in [2.24, 2.45) is 0 Å². The van der Waals surface area contributed by atoms with E-state index in [4.69, 9.17) is 14.7 Å². The Morgan fingerprint density at radius 1 is 1.27 bits per heavy atom. The van der Waals surface area contributed by atoms with E-state index in [1.165, 1.54) is 16.0 Å². The van der Waals surface area contributed by atoms with Gasteiger partial charge in [0.25, 0.3) is 0 Å². The second kappa shape index (κ2) is 7.13. The Kier molecular flexibility index (Phi) is 4.86. The first-order chi connectivity index (χ1) is 12.6. The lowest BCUT2D eigenvalue weighted by Crippen LogP contribution is -2.30. The van der Waals surface area contributed by atoms with Gasteiger partial charge in [-0.15, -0.1) is 11.3 Å². The Morgan fingerprint density at radius 2 is 2.08 bits per heavy atom. The minimum absolute atomic E-state index is 0.118. The van der Waals surface area contributed by atoms with Crippen molar-refractivity contribution in [2.75, 3.05) is 11.1 Å². The molecule has 0 amide bonds. The van der Waals surface area contributed by atoms with Crippen LogP contribution in [0.25, 0.3) is 10.2 Å². The van der Waals surface area contributed by atoms with Crippen LogP contribution in [0.3, 0.4) is 0 Å². The molecule has 4 rings (SSSR count). The van der Waals surface area contributed by atoms with Crippen LogP contribution in [0.15, 0.2) is 29.7 Å². The Labute approximate surface area is 161 Å². The first-order valence-electron chi connectivity index (χ1n) is 8.77. The summed E-state index contributed by atoms with van der Waals surface area (Å²) in [4.78, 5) is 15.1. The molecule has 5 nitrogen and oxygen atoms in total. The van der Waals surface area contributed by atoms with Gasteiger partial charge in [0, 0.05) is 35.8 Å². The molecule has 0 saturated carbocycles. The number of fused-ring (bicyclic) bond motifs is 3. The van der Waals surface area contributed by atoms with Crippen molar-refractivity contribution in [1.82, 2.24) is 15.0 Å². The van der Waals surface area contributed by atoms with E-state index in [1.807, 2.05) is 24.5 Å². The third-order valence-corrected chi connectivity index (χ3v) is 6.33. The summed E-state index contributed by atoms with van der Waals surface area (Å²) in [6.45, 7) is 7.76. The van der Waals surface area contributed by atoms with Gasteiger partial charge in [-0.25, -0.2) is 9.97 Å². The molecule has 0 aromatic carbocycles. The SMILES string of the molecule is CCSc1nc(NCc2ccncc2)c2sc3c(c2n1)COC(C)(C)C3. The second-order valence-corrected chi connectivity index (χ2v) is 9.24. The van der Waals surface area contributed by atoms with Crippen molar-refractivity contribution in [2.45, 2.75) is 51.1 Å². The van der Waals surface area contributed by atoms with E-state index in [0.29, 0.717) is 6.61 Å². The first-order valence-corrected chi connectivity index (χ1v) is 10.6. The van der Waals surface area contributed by atoms with Crippen LogP contribution in [0.2, 0.25) is 0 Å². The van der Waals surface area contributed by atoms with Crippen molar-refractivity contribution in [1.29, 1.82) is 0 Å². The lowest BCUT2D eigenvalue weighted by molar-refractivity contribution is -0.0383. The summed E-state index contributed by atoms with van der Waals surface area (Å²) in [5, 5.41) is 4.33. The minimum Gasteiger partial charge on any atom is -0.370 e. The topological polar surface area (TPSA) is 59.9 Å². The average Bonchev–Trinajstić information content (AvgIpc) is 2.97. The molecule has 3 aromatic heterocycles. The molecule has 7 heteroatoms. The van der Waals surface area contributed by atoms with Gasteiger partial charge in [-0.2, -0.15) is 0 Å². The minimum atomic E-state index is -0.118. The van der Waals surface area contributed by atoms with E-state index in [9.17, 15) is 0 Å². The van der Waals surface area contributed by atoms with Crippen molar-refractivity contribution >= 4 is 39.1 Å². The molecule has 0 saturated heterocycles. The Balaban J connectivity index is 1.74. The molecule has 0 atom stereocenters. The van der Waals surface area contributed by atoms with Gasteiger partial charge in [0.15, 0.2) is 5.16 Å². The van der Waals surface area contributed by atoms with Crippen molar-refractivity contribution in [3.05, 3.63) is 40.5 Å². The lowest BCUT2D eigenvalue weighted by Gasteiger charge is -2.29. The zero-order valence-corrected chi connectivity index (χ0v) is 16.8. The third-order valence-electron chi connectivity index (χ3n) is 4.37. The molecule has 0 bridgehead atoms. The number of rotatable bonds is 5. The summed E-state index contributed by atoms with van der Waals surface area (Å²) in [5.41, 5.74) is 3.34. The van der Waals surface area contributed by atoms with Gasteiger partial charge in [0.1, 0.15) is 5.82 Å². The number of thiophene rings is 1. The number of nitrogens with zero attached hydrogens (tertiary/aromatic N) is 3. The summed E-state index contributed by atoms with van der Waals surface area (Å²) in [5.74, 6) is 1.87. The first kappa shape index (κ1) is 17.7. The number of nitrogens with one attached hydrogen (secondary N) is 1. The molecule has 26 heavy (non-hydrogen) atoms. The van der Waals surface area contributed by atoms with Gasteiger partial charge in [0.2, 0.25) is 0 Å². The van der Waals surface area contributed by atoms with Crippen LogP contribution in [0.4, 0.5) is 5.82 Å². The number of hydrogen-bond donors (Lipinski definition) is 1. The third kappa shape index (κ3) is 3.56. The summed E-state index contributed by atoms with van der Waals surface area (Å²) in [6, 6.07) is 4.03. The molecule has 1 aliphatic heterocycles. The van der Waals surface area contributed by atoms with Gasteiger partial charge in [-0.05, 0) is 37.3 Å². The van der Waals surface area contributed by atoms with E-state index >= 15 is 0 Å². The largest absolute Gasteiger partial charge is 0.370 e. The van der Waals surface area contributed by atoms with Crippen LogP contribution in [-0.2, 0) is 24.3 Å². The highest BCUT2D eigenvalue weighted by atomic mass is 32.2. The molecule has 0 unspecified atom stereocenters. The molecule has 0 radical (unpaired) electrons. The molecule has 0 fully saturated rings. The number of ether oxygens (including phenoxy) is 1. The van der Waals surface area contributed by atoms with E-state index in [0.717, 1.165) is 39.9 Å². The van der Waals surface area contributed by atoms with Crippen LogP contribution >= 0.6 is 23.1 Å². The van der Waals surface area contributed by atoms with E-state index < -0.39 is 0 Å². The predicted octanol–water partition coefficient (Wildman–Crippen LogP) is 4.66. The Morgan fingerprint density at radius 3 is 2.85 bits per heavy atom. The normalized spacial score (nSPS) is 15.8. The van der Waals surface area contributed by atoms with Crippen LogP contribution in [0, 0.1) is 0 Å². The van der Waals surface area contributed by atoms with Gasteiger partial charge >= 0.3 is 0 Å². The maximum absolute atomic E-state index is 6.04. The second-order valence-electron chi connectivity index (χ2n) is 6.90. The Bertz CT molecular complexity index is 924. The summed E-state index contributed by atoms with van der Waals surface area (Å²) < 4.78 is 7.17. The molecule has 136 valence electrons. The molecule has 3 aromatic rings. The van der Waals surface area contributed by atoms with Gasteiger partial charge < -0.3 is 10.1 Å². The fraction of sp³-hybridized carbons (Fsp3) is 0.421. The fourth-order valence-corrected chi connectivity index (χ4v) is 5.04. The maximum Gasteiger partial charge on any atom is 0.190 e. The van der Waals surface area contributed by atoms with Crippen LogP contribution in [-0.4, -0.2) is 26.3 Å². The van der Waals surface area contributed by atoms with Gasteiger partial charge in [-0.3, -0.25) is 4.98 Å². The molecular formula is C19H22N4OS2. The lowest BCUT2D eigenvalue weighted by atomic mass is 9.98. The van der Waals surface area contributed by atoms with Crippen LogP contribution in [0.5, 0.6) is 0 Å². The smallest absolute Gasteiger partial charge is 0.190 e. The highest BCUT2D eigenvalue weighted by Gasteiger charge is 2.30. The number of anilines is 1. The molecule has 0 spiro atoms. The number of aromatic nitrogens is 3. The Hall–Kier alpha value is -1.70. The van der Waals surface area contributed by atoms with Gasteiger partial charge in [0.05, 0.1) is 22.4 Å². The maximum atomic E-state index is 6.04. The molecule has 1 N–H and O–H groups in total. The van der Waals surface area contributed by atoms with Crippen molar-refractivity contribution < 1.29 is 4.74 Å². The zero-order valence-electron chi connectivity index (χ0n) is 15.2. The van der Waals surface area contributed by atoms with E-state index in [1.54, 1.807) is 23.1 Å². The van der Waals surface area contributed by atoms with Crippen molar-refractivity contribution in [3.8, 4) is 0 Å². The number of hydrogen-bond acceptors (Lipinski definition) is 7. The van der Waals surface area contributed by atoms with E-state index in [-0.39, 0.29) is 5.60 Å². The molecule has 4 heterocycles. The van der Waals surface area contributed by atoms with E-state index in [2.05, 4.69) is 31.1 Å². The molecular weight excluding hydrogens is 364 g/mol. The summed E-state index contributed by atoms with van der Waals surface area (Å²) in [7, 11) is 0. The average molecular weight is 387 g/mol. The highest BCUT2D eigenvalue weighted by Crippen LogP contribution is 2.41. The summed E-state index contributed by atoms with van der Waals surface area (Å²) in [6.07, 6.45) is 4.55. The number of thioether (sulfide) groups is 1. The van der Waals surface area contributed by atoms with Crippen molar-refractivity contribution in [3.63, 3.8) is 0 Å². The molecule has 0 aliphatic carbocycles. The molecule has 1 aliphatic rings. The fourth-order valence-electron chi connectivity index (χ4n) is 3.04.